The molecule has 0 unspecified atom stereocenters. The molecule has 0 aliphatic rings. The lowest BCUT2D eigenvalue weighted by Gasteiger charge is -2.28. The van der Waals surface area contributed by atoms with Crippen LogP contribution in [0.4, 0.5) is 0 Å². The van der Waals surface area contributed by atoms with Crippen molar-refractivity contribution in [3.05, 3.63) is 30.1 Å². The summed E-state index contributed by atoms with van der Waals surface area (Å²) in [5.41, 5.74) is -0.323. The summed E-state index contributed by atoms with van der Waals surface area (Å²) < 4.78 is 0. The Morgan fingerprint density at radius 2 is 2.27 bits per heavy atom. The molecule has 1 rings (SSSR count). The second kappa shape index (κ2) is 4.09. The third-order valence-corrected chi connectivity index (χ3v) is 2.33. The standard InChI is InChI=1S/C11H13N3O/c1-11(2,8-12)14(3)10(15)9-5-4-6-13-7-9/h4-7H,1-3H3. The summed E-state index contributed by atoms with van der Waals surface area (Å²) in [4.78, 5) is 17.2. The van der Waals surface area contributed by atoms with Gasteiger partial charge in [-0.05, 0) is 26.0 Å². The number of amides is 1. The number of pyridine rings is 1. The van der Waals surface area contributed by atoms with E-state index >= 15 is 0 Å². The monoisotopic (exact) mass is 203 g/mol. The number of carbonyl (C=O) groups excluding carboxylic acids is 1. The molecular weight excluding hydrogens is 190 g/mol. The van der Waals surface area contributed by atoms with Crippen molar-refractivity contribution in [2.24, 2.45) is 0 Å². The van der Waals surface area contributed by atoms with Gasteiger partial charge in [0.2, 0.25) is 0 Å². The molecule has 0 saturated carbocycles. The highest BCUT2D eigenvalue weighted by Crippen LogP contribution is 2.14. The molecule has 0 aliphatic carbocycles. The van der Waals surface area contributed by atoms with E-state index in [2.05, 4.69) is 11.1 Å². The van der Waals surface area contributed by atoms with E-state index in [9.17, 15) is 4.79 Å². The highest BCUT2D eigenvalue weighted by molar-refractivity contribution is 5.94. The van der Waals surface area contributed by atoms with Crippen molar-refractivity contribution in [1.29, 1.82) is 5.26 Å². The van der Waals surface area contributed by atoms with Gasteiger partial charge in [-0.3, -0.25) is 9.78 Å². The third-order valence-electron chi connectivity index (χ3n) is 2.33. The van der Waals surface area contributed by atoms with E-state index in [0.29, 0.717) is 5.56 Å². The fourth-order valence-corrected chi connectivity index (χ4v) is 1.01. The normalized spacial score (nSPS) is 10.5. The van der Waals surface area contributed by atoms with Crippen LogP contribution in [0, 0.1) is 11.3 Å². The molecule has 0 radical (unpaired) electrons. The molecule has 1 amide bonds. The van der Waals surface area contributed by atoms with Crippen LogP contribution in [0.25, 0.3) is 0 Å². The Morgan fingerprint density at radius 3 is 2.73 bits per heavy atom. The van der Waals surface area contributed by atoms with Crippen LogP contribution in [0.15, 0.2) is 24.5 Å². The molecule has 0 saturated heterocycles. The minimum absolute atomic E-state index is 0.199. The first-order valence-corrected chi connectivity index (χ1v) is 4.58. The summed E-state index contributed by atoms with van der Waals surface area (Å²) in [5.74, 6) is -0.199. The lowest BCUT2D eigenvalue weighted by Crippen LogP contribution is -2.43. The molecule has 4 heteroatoms. The summed E-state index contributed by atoms with van der Waals surface area (Å²) in [7, 11) is 1.61. The van der Waals surface area contributed by atoms with Crippen molar-refractivity contribution in [1.82, 2.24) is 9.88 Å². The zero-order valence-corrected chi connectivity index (χ0v) is 9.06. The Hall–Kier alpha value is -1.89. The Kier molecular flexibility index (Phi) is 3.05. The van der Waals surface area contributed by atoms with Crippen molar-refractivity contribution in [3.63, 3.8) is 0 Å². The lowest BCUT2D eigenvalue weighted by molar-refractivity contribution is 0.0698. The second-order valence-electron chi connectivity index (χ2n) is 3.78. The molecule has 0 atom stereocenters. The summed E-state index contributed by atoms with van der Waals surface area (Å²) >= 11 is 0. The van der Waals surface area contributed by atoms with Gasteiger partial charge in [0.15, 0.2) is 0 Å². The topological polar surface area (TPSA) is 57.0 Å². The maximum Gasteiger partial charge on any atom is 0.256 e. The number of carbonyl (C=O) groups is 1. The highest BCUT2D eigenvalue weighted by atomic mass is 16.2. The van der Waals surface area contributed by atoms with E-state index in [0.717, 1.165) is 0 Å². The Balaban J connectivity index is 2.93. The molecule has 1 heterocycles. The maximum atomic E-state index is 11.9. The van der Waals surface area contributed by atoms with Crippen LogP contribution in [0.3, 0.4) is 0 Å². The van der Waals surface area contributed by atoms with Gasteiger partial charge in [-0.2, -0.15) is 5.26 Å². The first-order chi connectivity index (χ1) is 6.99. The molecule has 0 fully saturated rings. The second-order valence-corrected chi connectivity index (χ2v) is 3.78. The first-order valence-electron chi connectivity index (χ1n) is 4.58. The van der Waals surface area contributed by atoms with Crippen LogP contribution in [0.5, 0.6) is 0 Å². The van der Waals surface area contributed by atoms with Crippen LogP contribution in [0.1, 0.15) is 24.2 Å². The third kappa shape index (κ3) is 2.32. The Morgan fingerprint density at radius 1 is 1.60 bits per heavy atom. The SMILES string of the molecule is CN(C(=O)c1cccnc1)C(C)(C)C#N. The molecule has 78 valence electrons. The quantitative estimate of drug-likeness (QED) is 0.731. The molecule has 4 nitrogen and oxygen atoms in total. The predicted molar refractivity (Wildman–Crippen MR) is 56.0 cm³/mol. The summed E-state index contributed by atoms with van der Waals surface area (Å²) in [6.07, 6.45) is 3.10. The van der Waals surface area contributed by atoms with Gasteiger partial charge >= 0.3 is 0 Å². The van der Waals surface area contributed by atoms with Crippen molar-refractivity contribution >= 4 is 5.91 Å². The minimum Gasteiger partial charge on any atom is -0.323 e. The Labute approximate surface area is 89.2 Å². The Bertz CT molecular complexity index is 392. The average molecular weight is 203 g/mol. The van der Waals surface area contributed by atoms with E-state index in [-0.39, 0.29) is 5.91 Å². The maximum absolute atomic E-state index is 11.9. The van der Waals surface area contributed by atoms with Crippen LogP contribution >= 0.6 is 0 Å². The zero-order valence-electron chi connectivity index (χ0n) is 9.06. The largest absolute Gasteiger partial charge is 0.323 e. The molecule has 0 bridgehead atoms. The predicted octanol–water partition coefficient (Wildman–Crippen LogP) is 1.46. The zero-order chi connectivity index (χ0) is 11.5. The summed E-state index contributed by atoms with van der Waals surface area (Å²) in [6.45, 7) is 3.39. The summed E-state index contributed by atoms with van der Waals surface area (Å²) in [5, 5.41) is 8.90. The van der Waals surface area contributed by atoms with Crippen LogP contribution in [-0.4, -0.2) is 28.4 Å². The van der Waals surface area contributed by atoms with E-state index < -0.39 is 5.54 Å². The van der Waals surface area contributed by atoms with Gasteiger partial charge in [0, 0.05) is 19.4 Å². The van der Waals surface area contributed by atoms with Gasteiger partial charge < -0.3 is 4.90 Å². The molecule has 15 heavy (non-hydrogen) atoms. The molecule has 1 aromatic rings. The van der Waals surface area contributed by atoms with E-state index in [1.54, 1.807) is 39.2 Å². The van der Waals surface area contributed by atoms with Crippen molar-refractivity contribution < 1.29 is 4.79 Å². The van der Waals surface area contributed by atoms with Crippen LogP contribution in [0.2, 0.25) is 0 Å². The number of hydrogen-bond donors (Lipinski definition) is 0. The number of nitrogens with zero attached hydrogens (tertiary/aromatic N) is 3. The van der Waals surface area contributed by atoms with Gasteiger partial charge in [-0.15, -0.1) is 0 Å². The molecule has 0 aliphatic heterocycles. The fourth-order valence-electron chi connectivity index (χ4n) is 1.01. The van der Waals surface area contributed by atoms with Gasteiger partial charge in [-0.1, -0.05) is 0 Å². The molecule has 0 spiro atoms. The van der Waals surface area contributed by atoms with Gasteiger partial charge in [0.1, 0.15) is 5.54 Å². The first kappa shape index (κ1) is 11.2. The number of hydrogen-bond acceptors (Lipinski definition) is 3. The smallest absolute Gasteiger partial charge is 0.256 e. The van der Waals surface area contributed by atoms with Crippen LogP contribution in [-0.2, 0) is 0 Å². The fraction of sp³-hybridized carbons (Fsp3) is 0.364. The van der Waals surface area contributed by atoms with Crippen molar-refractivity contribution in [3.8, 4) is 6.07 Å². The van der Waals surface area contributed by atoms with Gasteiger partial charge in [-0.25, -0.2) is 0 Å². The minimum atomic E-state index is -0.813. The van der Waals surface area contributed by atoms with Gasteiger partial charge in [0.05, 0.1) is 11.6 Å². The van der Waals surface area contributed by atoms with Crippen LogP contribution < -0.4 is 0 Å². The molecule has 1 aromatic heterocycles. The van der Waals surface area contributed by atoms with E-state index in [4.69, 9.17) is 5.26 Å². The van der Waals surface area contributed by atoms with Gasteiger partial charge in [0.25, 0.3) is 5.91 Å². The number of nitriles is 1. The van der Waals surface area contributed by atoms with Crippen molar-refractivity contribution in [2.75, 3.05) is 7.05 Å². The number of aromatic nitrogens is 1. The molecule has 0 N–H and O–H groups in total. The average Bonchev–Trinajstić information content (AvgIpc) is 2.28. The summed E-state index contributed by atoms with van der Waals surface area (Å²) in [6, 6.07) is 5.45. The number of rotatable bonds is 2. The molecular formula is C11H13N3O. The lowest BCUT2D eigenvalue weighted by atomic mass is 10.1. The van der Waals surface area contributed by atoms with E-state index in [1.165, 1.54) is 11.1 Å². The van der Waals surface area contributed by atoms with E-state index in [1.807, 2.05) is 0 Å². The highest BCUT2D eigenvalue weighted by Gasteiger charge is 2.27. The van der Waals surface area contributed by atoms with Crippen molar-refractivity contribution in [2.45, 2.75) is 19.4 Å². The molecule has 0 aromatic carbocycles.